The number of nitrogen functional groups attached to an aromatic ring is 1. The van der Waals surface area contributed by atoms with Gasteiger partial charge in [-0.2, -0.15) is 4.98 Å². The number of halogens is 1. The molecule has 2 N–H and O–H groups in total. The lowest BCUT2D eigenvalue weighted by molar-refractivity contribution is 0.425. The summed E-state index contributed by atoms with van der Waals surface area (Å²) in [6.07, 6.45) is 0. The molecule has 1 aromatic heterocycles. The zero-order chi connectivity index (χ0) is 14.0. The van der Waals surface area contributed by atoms with Crippen molar-refractivity contribution in [2.75, 3.05) is 5.73 Å². The molecule has 2 aromatic rings. The highest BCUT2D eigenvalue weighted by atomic mass is 35.5. The van der Waals surface area contributed by atoms with Gasteiger partial charge in [-0.15, -0.1) is 11.8 Å². The van der Waals surface area contributed by atoms with E-state index < -0.39 is 0 Å². The molecule has 102 valence electrons. The molecule has 19 heavy (non-hydrogen) atoms. The van der Waals surface area contributed by atoms with Crippen LogP contribution in [0.3, 0.4) is 0 Å². The lowest BCUT2D eigenvalue weighted by atomic mass is 10.2. The van der Waals surface area contributed by atoms with Gasteiger partial charge >= 0.3 is 0 Å². The minimum Gasteiger partial charge on any atom is -0.397 e. The molecule has 0 aliphatic rings. The Hall–Kier alpha value is -1.20. The lowest BCUT2D eigenvalue weighted by Gasteiger charge is -2.15. The Morgan fingerprint density at radius 2 is 2.11 bits per heavy atom. The van der Waals surface area contributed by atoms with Crippen LogP contribution in [0.2, 0.25) is 5.02 Å². The van der Waals surface area contributed by atoms with Gasteiger partial charge in [-0.3, -0.25) is 0 Å². The van der Waals surface area contributed by atoms with Crippen LogP contribution in [0.15, 0.2) is 22.7 Å². The van der Waals surface area contributed by atoms with Gasteiger partial charge < -0.3 is 10.3 Å². The van der Waals surface area contributed by atoms with Gasteiger partial charge in [0.05, 0.1) is 22.0 Å². The van der Waals surface area contributed by atoms with Crippen molar-refractivity contribution in [3.05, 3.63) is 29.0 Å². The highest BCUT2D eigenvalue weighted by molar-refractivity contribution is 7.99. The van der Waals surface area contributed by atoms with Gasteiger partial charge in [0.2, 0.25) is 0 Å². The van der Waals surface area contributed by atoms with Gasteiger partial charge in [0.15, 0.2) is 5.82 Å². The van der Waals surface area contributed by atoms with E-state index in [0.717, 1.165) is 0 Å². The Morgan fingerprint density at radius 3 is 2.79 bits per heavy atom. The molecule has 0 atom stereocenters. The monoisotopic (exact) mass is 297 g/mol. The molecule has 0 radical (unpaired) electrons. The number of rotatable bonds is 3. The summed E-state index contributed by atoms with van der Waals surface area (Å²) in [4.78, 5) is 4.35. The van der Waals surface area contributed by atoms with Crippen LogP contribution in [0.4, 0.5) is 5.69 Å². The number of nitrogens with two attached hydrogens (primary N) is 1. The van der Waals surface area contributed by atoms with Crippen molar-refractivity contribution in [1.29, 1.82) is 0 Å². The quantitative estimate of drug-likeness (QED) is 0.867. The summed E-state index contributed by atoms with van der Waals surface area (Å²) in [5.74, 6) is 1.77. The fourth-order valence-corrected chi connectivity index (χ4v) is 2.28. The van der Waals surface area contributed by atoms with E-state index in [9.17, 15) is 0 Å². The molecule has 0 amide bonds. The van der Waals surface area contributed by atoms with Crippen LogP contribution in [-0.4, -0.2) is 14.9 Å². The zero-order valence-electron chi connectivity index (χ0n) is 11.1. The fraction of sp³-hybridized carbons (Fsp3) is 0.385. The van der Waals surface area contributed by atoms with E-state index in [1.807, 2.05) is 12.1 Å². The smallest absolute Gasteiger partial charge is 0.260 e. The predicted molar refractivity (Wildman–Crippen MR) is 80.2 cm³/mol. The second-order valence-electron chi connectivity index (χ2n) is 5.12. The van der Waals surface area contributed by atoms with Crippen LogP contribution in [0.1, 0.15) is 26.6 Å². The molecule has 0 saturated heterocycles. The van der Waals surface area contributed by atoms with Crippen LogP contribution in [-0.2, 0) is 5.75 Å². The van der Waals surface area contributed by atoms with E-state index in [1.165, 1.54) is 0 Å². The number of aromatic nitrogens is 2. The van der Waals surface area contributed by atoms with Crippen LogP contribution in [0.25, 0.3) is 11.5 Å². The molecule has 0 saturated carbocycles. The molecule has 1 heterocycles. The van der Waals surface area contributed by atoms with Crippen molar-refractivity contribution in [1.82, 2.24) is 10.1 Å². The largest absolute Gasteiger partial charge is 0.397 e. The molecule has 0 bridgehead atoms. The Morgan fingerprint density at radius 1 is 1.37 bits per heavy atom. The third-order valence-corrected chi connectivity index (χ3v) is 3.98. The average Bonchev–Trinajstić information content (AvgIpc) is 2.78. The number of thioether (sulfide) groups is 1. The minimum absolute atomic E-state index is 0.163. The highest BCUT2D eigenvalue weighted by Gasteiger charge is 2.16. The first kappa shape index (κ1) is 14.2. The van der Waals surface area contributed by atoms with Crippen molar-refractivity contribution in [3.63, 3.8) is 0 Å². The normalized spacial score (nSPS) is 11.8. The van der Waals surface area contributed by atoms with Crippen molar-refractivity contribution in [2.24, 2.45) is 0 Å². The number of anilines is 1. The van der Waals surface area contributed by atoms with Crippen LogP contribution in [0.5, 0.6) is 0 Å². The van der Waals surface area contributed by atoms with Crippen LogP contribution in [0, 0.1) is 0 Å². The van der Waals surface area contributed by atoms with E-state index >= 15 is 0 Å². The van der Waals surface area contributed by atoms with Crippen molar-refractivity contribution in [2.45, 2.75) is 31.3 Å². The minimum atomic E-state index is 0.163. The molecular formula is C13H16ClN3OS. The van der Waals surface area contributed by atoms with E-state index in [2.05, 4.69) is 30.9 Å². The first-order valence-electron chi connectivity index (χ1n) is 5.88. The van der Waals surface area contributed by atoms with E-state index in [1.54, 1.807) is 17.8 Å². The maximum atomic E-state index is 5.97. The molecule has 0 aliphatic heterocycles. The third-order valence-electron chi connectivity index (χ3n) is 2.39. The Labute approximate surface area is 121 Å². The van der Waals surface area contributed by atoms with Gasteiger partial charge in [0.25, 0.3) is 5.89 Å². The topological polar surface area (TPSA) is 64.9 Å². The molecule has 0 aliphatic carbocycles. The maximum Gasteiger partial charge on any atom is 0.260 e. The van der Waals surface area contributed by atoms with Crippen molar-refractivity contribution >= 4 is 29.1 Å². The van der Waals surface area contributed by atoms with Gasteiger partial charge in [0.1, 0.15) is 0 Å². The molecule has 4 nitrogen and oxygen atoms in total. The number of nitrogens with zero attached hydrogens (tertiary/aromatic N) is 2. The number of para-hydroxylation sites is 1. The summed E-state index contributed by atoms with van der Waals surface area (Å²) < 4.78 is 5.40. The standard InChI is InChI=1S/C13H16ClN3OS/c1-13(2,3)19-7-10-16-12(18-17-10)8-5-4-6-9(14)11(8)15/h4-6H,7,15H2,1-3H3. The summed E-state index contributed by atoms with van der Waals surface area (Å²) in [6, 6.07) is 5.35. The second kappa shape index (κ2) is 5.43. The molecule has 0 unspecified atom stereocenters. The first-order valence-corrected chi connectivity index (χ1v) is 7.24. The summed E-state index contributed by atoms with van der Waals surface area (Å²) in [7, 11) is 0. The highest BCUT2D eigenvalue weighted by Crippen LogP contribution is 2.31. The van der Waals surface area contributed by atoms with E-state index in [-0.39, 0.29) is 4.75 Å². The number of benzene rings is 1. The first-order chi connectivity index (χ1) is 8.87. The second-order valence-corrected chi connectivity index (χ2v) is 7.33. The summed E-state index contributed by atoms with van der Waals surface area (Å²) in [6.45, 7) is 6.44. The predicted octanol–water partition coefficient (Wildman–Crippen LogP) is 4.00. The summed E-state index contributed by atoms with van der Waals surface area (Å²) in [5.41, 5.74) is 7.04. The van der Waals surface area contributed by atoms with Gasteiger partial charge in [-0.25, -0.2) is 0 Å². The molecule has 0 fully saturated rings. The Kier molecular flexibility index (Phi) is 4.06. The molecule has 6 heteroatoms. The Bertz CT molecular complexity index is 578. The fourth-order valence-electron chi connectivity index (χ4n) is 1.43. The van der Waals surface area contributed by atoms with Crippen LogP contribution >= 0.6 is 23.4 Å². The summed E-state index contributed by atoms with van der Waals surface area (Å²) >= 11 is 7.73. The third kappa shape index (κ3) is 3.64. The lowest BCUT2D eigenvalue weighted by Crippen LogP contribution is -2.07. The maximum absolute atomic E-state index is 5.97. The van der Waals surface area contributed by atoms with E-state index in [4.69, 9.17) is 21.9 Å². The van der Waals surface area contributed by atoms with Crippen molar-refractivity contribution < 1.29 is 4.52 Å². The van der Waals surface area contributed by atoms with Gasteiger partial charge in [-0.05, 0) is 12.1 Å². The average molecular weight is 298 g/mol. The summed E-state index contributed by atoms with van der Waals surface area (Å²) in [5, 5.41) is 4.45. The zero-order valence-corrected chi connectivity index (χ0v) is 12.7. The SMILES string of the molecule is CC(C)(C)SCc1noc(-c2cccc(Cl)c2N)n1. The van der Waals surface area contributed by atoms with Crippen molar-refractivity contribution in [3.8, 4) is 11.5 Å². The number of hydrogen-bond acceptors (Lipinski definition) is 5. The number of hydrogen-bond donors (Lipinski definition) is 1. The van der Waals surface area contributed by atoms with E-state index in [0.29, 0.717) is 33.7 Å². The molecule has 0 spiro atoms. The van der Waals surface area contributed by atoms with Crippen LogP contribution < -0.4 is 5.73 Å². The molecule has 2 rings (SSSR count). The van der Waals surface area contributed by atoms with Gasteiger partial charge in [-0.1, -0.05) is 43.6 Å². The molecule has 1 aromatic carbocycles. The molecular weight excluding hydrogens is 282 g/mol. The van der Waals surface area contributed by atoms with Gasteiger partial charge in [0, 0.05) is 4.75 Å². The Balaban J connectivity index is 2.19.